The second kappa shape index (κ2) is 8.43. The van der Waals surface area contributed by atoms with E-state index < -0.39 is 5.97 Å². The first-order valence-electron chi connectivity index (χ1n) is 8.10. The van der Waals surface area contributed by atoms with Crippen molar-refractivity contribution >= 4 is 11.9 Å². The Kier molecular flexibility index (Phi) is 6.30. The van der Waals surface area contributed by atoms with Crippen LogP contribution in [-0.2, 0) is 22.7 Å². The van der Waals surface area contributed by atoms with Gasteiger partial charge in [-0.2, -0.15) is 5.10 Å². The third-order valence-electron chi connectivity index (χ3n) is 3.99. The molecule has 0 saturated carbocycles. The molecule has 25 heavy (non-hydrogen) atoms. The van der Waals surface area contributed by atoms with Crippen LogP contribution >= 0.6 is 0 Å². The predicted molar refractivity (Wildman–Crippen MR) is 94.2 cm³/mol. The lowest BCUT2D eigenvalue weighted by atomic mass is 10.2. The van der Waals surface area contributed by atoms with Crippen molar-refractivity contribution in [2.75, 3.05) is 20.1 Å². The molecule has 134 valence electrons. The van der Waals surface area contributed by atoms with Crippen LogP contribution in [0.5, 0.6) is 0 Å². The second-order valence-corrected chi connectivity index (χ2v) is 6.14. The van der Waals surface area contributed by atoms with Gasteiger partial charge in [0.15, 0.2) is 0 Å². The normalized spacial score (nSPS) is 10.9. The number of benzene rings is 1. The maximum atomic E-state index is 12.0. The van der Waals surface area contributed by atoms with Crippen LogP contribution in [0.4, 0.5) is 0 Å². The van der Waals surface area contributed by atoms with E-state index in [0.29, 0.717) is 13.1 Å². The molecular weight excluding hydrogens is 320 g/mol. The van der Waals surface area contributed by atoms with Crippen LogP contribution in [0.15, 0.2) is 30.3 Å². The van der Waals surface area contributed by atoms with E-state index in [2.05, 4.69) is 22.5 Å². The molecule has 7 heteroatoms. The molecule has 0 fully saturated rings. The molecule has 0 spiro atoms. The number of aromatic nitrogens is 2. The summed E-state index contributed by atoms with van der Waals surface area (Å²) >= 11 is 0. The summed E-state index contributed by atoms with van der Waals surface area (Å²) < 4.78 is 1.93. The van der Waals surface area contributed by atoms with Gasteiger partial charge in [0.2, 0.25) is 5.91 Å². The highest BCUT2D eigenvalue weighted by atomic mass is 16.4. The lowest BCUT2D eigenvalue weighted by Crippen LogP contribution is -2.37. The highest BCUT2D eigenvalue weighted by Gasteiger charge is 2.14. The Hall–Kier alpha value is -2.67. The molecule has 0 aliphatic rings. The highest BCUT2D eigenvalue weighted by molar-refractivity contribution is 5.79. The van der Waals surface area contributed by atoms with Gasteiger partial charge in [-0.3, -0.25) is 19.2 Å². The molecule has 0 saturated heterocycles. The number of hydrogen-bond acceptors (Lipinski definition) is 4. The molecule has 2 N–H and O–H groups in total. The number of aryl methyl sites for hydroxylation is 1. The number of rotatable bonds is 8. The zero-order chi connectivity index (χ0) is 18.4. The molecule has 1 aromatic heterocycles. The third-order valence-corrected chi connectivity index (χ3v) is 3.99. The molecule has 0 unspecified atom stereocenters. The summed E-state index contributed by atoms with van der Waals surface area (Å²) in [4.78, 5) is 24.0. The fourth-order valence-electron chi connectivity index (χ4n) is 2.67. The highest BCUT2D eigenvalue weighted by Crippen LogP contribution is 2.14. The van der Waals surface area contributed by atoms with Crippen LogP contribution in [0, 0.1) is 13.8 Å². The van der Waals surface area contributed by atoms with Crippen molar-refractivity contribution in [3.05, 3.63) is 52.8 Å². The van der Waals surface area contributed by atoms with Gasteiger partial charge in [-0.1, -0.05) is 30.3 Å². The molecule has 1 heterocycles. The zero-order valence-electron chi connectivity index (χ0n) is 14.8. The number of amides is 1. The fraction of sp³-hybridized carbons (Fsp3) is 0.389. The van der Waals surface area contributed by atoms with Crippen molar-refractivity contribution in [2.45, 2.75) is 26.9 Å². The summed E-state index contributed by atoms with van der Waals surface area (Å²) in [6.45, 7) is 4.85. The standard InChI is InChI=1S/C18H24N4O3/c1-13-16(9-19-17(23)11-21(3)12-18(24)25)14(2)22(20-13)10-15-7-5-4-6-8-15/h4-8H,9-12H2,1-3H3,(H,19,23)(H,24,25). The van der Waals surface area contributed by atoms with Gasteiger partial charge < -0.3 is 10.4 Å². The zero-order valence-corrected chi connectivity index (χ0v) is 14.8. The van der Waals surface area contributed by atoms with E-state index in [1.807, 2.05) is 36.7 Å². The van der Waals surface area contributed by atoms with Gasteiger partial charge in [-0.05, 0) is 26.5 Å². The summed E-state index contributed by atoms with van der Waals surface area (Å²) in [5.41, 5.74) is 4.05. The maximum absolute atomic E-state index is 12.0. The predicted octanol–water partition coefficient (Wildman–Crippen LogP) is 1.18. The van der Waals surface area contributed by atoms with Crippen LogP contribution < -0.4 is 5.32 Å². The number of carboxylic acid groups (broad SMARTS) is 1. The van der Waals surface area contributed by atoms with E-state index in [4.69, 9.17) is 5.11 Å². The minimum atomic E-state index is -0.954. The molecule has 1 amide bonds. The molecule has 0 atom stereocenters. The molecule has 0 aliphatic heterocycles. The number of carboxylic acids is 1. The van der Waals surface area contributed by atoms with Crippen molar-refractivity contribution in [1.82, 2.24) is 20.0 Å². The Labute approximate surface area is 147 Å². The number of nitrogens with one attached hydrogen (secondary N) is 1. The van der Waals surface area contributed by atoms with Gasteiger partial charge in [-0.15, -0.1) is 0 Å². The lowest BCUT2D eigenvalue weighted by molar-refractivity contribution is -0.138. The summed E-state index contributed by atoms with van der Waals surface area (Å²) in [6, 6.07) is 10.1. The summed E-state index contributed by atoms with van der Waals surface area (Å²) in [6.07, 6.45) is 0. The van der Waals surface area contributed by atoms with Crippen molar-refractivity contribution in [3.63, 3.8) is 0 Å². The largest absolute Gasteiger partial charge is 0.480 e. The number of likely N-dealkylation sites (N-methyl/N-ethyl adjacent to an activating group) is 1. The first kappa shape index (κ1) is 18.7. The number of nitrogens with zero attached hydrogens (tertiary/aromatic N) is 3. The number of carbonyl (C=O) groups excluding carboxylic acids is 1. The average Bonchev–Trinajstić information content (AvgIpc) is 2.79. The van der Waals surface area contributed by atoms with E-state index >= 15 is 0 Å². The van der Waals surface area contributed by atoms with E-state index in [-0.39, 0.29) is 19.0 Å². The summed E-state index contributed by atoms with van der Waals surface area (Å²) in [7, 11) is 1.60. The minimum absolute atomic E-state index is 0.0442. The Morgan fingerprint density at radius 1 is 1.20 bits per heavy atom. The number of carbonyl (C=O) groups is 2. The van der Waals surface area contributed by atoms with E-state index in [1.54, 1.807) is 7.05 Å². The molecule has 0 bridgehead atoms. The first-order chi connectivity index (χ1) is 11.9. The van der Waals surface area contributed by atoms with Crippen LogP contribution in [0.2, 0.25) is 0 Å². The van der Waals surface area contributed by atoms with Crippen LogP contribution in [0.1, 0.15) is 22.5 Å². The molecule has 1 aromatic carbocycles. The monoisotopic (exact) mass is 344 g/mol. The molecule has 0 aliphatic carbocycles. The molecule has 0 radical (unpaired) electrons. The summed E-state index contributed by atoms with van der Waals surface area (Å²) in [5, 5.41) is 16.1. The quantitative estimate of drug-likeness (QED) is 0.751. The Morgan fingerprint density at radius 3 is 2.52 bits per heavy atom. The van der Waals surface area contributed by atoms with Gasteiger partial charge in [0.1, 0.15) is 0 Å². The van der Waals surface area contributed by atoms with Gasteiger partial charge in [0, 0.05) is 17.8 Å². The van der Waals surface area contributed by atoms with Crippen molar-refractivity contribution in [2.24, 2.45) is 0 Å². The van der Waals surface area contributed by atoms with E-state index in [1.165, 1.54) is 10.5 Å². The Balaban J connectivity index is 1.96. The van der Waals surface area contributed by atoms with E-state index in [0.717, 1.165) is 17.0 Å². The maximum Gasteiger partial charge on any atom is 0.317 e. The summed E-state index contributed by atoms with van der Waals surface area (Å²) in [5.74, 6) is -1.16. The minimum Gasteiger partial charge on any atom is -0.480 e. The fourth-order valence-corrected chi connectivity index (χ4v) is 2.67. The van der Waals surface area contributed by atoms with Gasteiger partial charge in [0.25, 0.3) is 0 Å². The van der Waals surface area contributed by atoms with E-state index in [9.17, 15) is 9.59 Å². The van der Waals surface area contributed by atoms with Crippen LogP contribution in [0.25, 0.3) is 0 Å². The molecule has 2 rings (SSSR count). The molecule has 2 aromatic rings. The Morgan fingerprint density at radius 2 is 1.88 bits per heavy atom. The number of aliphatic carboxylic acids is 1. The SMILES string of the molecule is Cc1nn(Cc2ccccc2)c(C)c1CNC(=O)CN(C)CC(=O)O. The van der Waals surface area contributed by atoms with Crippen LogP contribution in [-0.4, -0.2) is 51.8 Å². The Bertz CT molecular complexity index is 740. The second-order valence-electron chi connectivity index (χ2n) is 6.14. The van der Waals surface area contributed by atoms with Crippen molar-refractivity contribution in [1.29, 1.82) is 0 Å². The average molecular weight is 344 g/mol. The van der Waals surface area contributed by atoms with Crippen molar-refractivity contribution < 1.29 is 14.7 Å². The molecular formula is C18H24N4O3. The third kappa shape index (κ3) is 5.42. The molecule has 7 nitrogen and oxygen atoms in total. The number of hydrogen-bond donors (Lipinski definition) is 2. The van der Waals surface area contributed by atoms with Crippen LogP contribution in [0.3, 0.4) is 0 Å². The van der Waals surface area contributed by atoms with Gasteiger partial charge >= 0.3 is 5.97 Å². The smallest absolute Gasteiger partial charge is 0.317 e. The lowest BCUT2D eigenvalue weighted by Gasteiger charge is -2.13. The van der Waals surface area contributed by atoms with Crippen molar-refractivity contribution in [3.8, 4) is 0 Å². The van der Waals surface area contributed by atoms with Gasteiger partial charge in [0.05, 0.1) is 25.3 Å². The van der Waals surface area contributed by atoms with Gasteiger partial charge in [-0.25, -0.2) is 0 Å². The first-order valence-corrected chi connectivity index (χ1v) is 8.10. The topological polar surface area (TPSA) is 87.5 Å².